The van der Waals surface area contributed by atoms with Gasteiger partial charge in [-0.15, -0.1) is 11.3 Å². The SMILES string of the molecule is CCCC(C)(O)CNC(C)c1nc(C)sc1C. The summed E-state index contributed by atoms with van der Waals surface area (Å²) in [5, 5.41) is 14.6. The van der Waals surface area contributed by atoms with Gasteiger partial charge in [0.15, 0.2) is 0 Å². The number of hydrogen-bond donors (Lipinski definition) is 2. The maximum absolute atomic E-state index is 10.1. The largest absolute Gasteiger partial charge is 0.389 e. The van der Waals surface area contributed by atoms with Crippen LogP contribution in [0.2, 0.25) is 0 Å². The molecule has 3 nitrogen and oxygen atoms in total. The smallest absolute Gasteiger partial charge is 0.0900 e. The second kappa shape index (κ2) is 5.94. The standard InChI is InChI=1S/C13H24N2OS/c1-6-7-13(5,16)8-14-9(2)12-10(3)17-11(4)15-12/h9,14,16H,6-8H2,1-5H3. The summed E-state index contributed by atoms with van der Waals surface area (Å²) in [6.07, 6.45) is 1.82. The molecule has 0 spiro atoms. The first-order valence-electron chi connectivity index (χ1n) is 6.25. The van der Waals surface area contributed by atoms with Gasteiger partial charge in [-0.2, -0.15) is 0 Å². The van der Waals surface area contributed by atoms with Gasteiger partial charge in [0.1, 0.15) is 0 Å². The van der Waals surface area contributed by atoms with Crippen LogP contribution in [0.4, 0.5) is 0 Å². The fourth-order valence-electron chi connectivity index (χ4n) is 2.04. The Hall–Kier alpha value is -0.450. The molecule has 0 fully saturated rings. The van der Waals surface area contributed by atoms with Crippen molar-refractivity contribution in [3.05, 3.63) is 15.6 Å². The second-order valence-corrected chi connectivity index (χ2v) is 6.43. The van der Waals surface area contributed by atoms with Gasteiger partial charge < -0.3 is 10.4 Å². The van der Waals surface area contributed by atoms with Gasteiger partial charge in [0.25, 0.3) is 0 Å². The van der Waals surface area contributed by atoms with E-state index in [0.29, 0.717) is 6.54 Å². The molecule has 17 heavy (non-hydrogen) atoms. The van der Waals surface area contributed by atoms with E-state index < -0.39 is 5.60 Å². The lowest BCUT2D eigenvalue weighted by Crippen LogP contribution is -2.38. The first kappa shape index (κ1) is 14.6. The predicted octanol–water partition coefficient (Wildman–Crippen LogP) is 2.96. The van der Waals surface area contributed by atoms with E-state index in [1.807, 2.05) is 13.8 Å². The molecule has 0 saturated carbocycles. The van der Waals surface area contributed by atoms with E-state index in [1.165, 1.54) is 4.88 Å². The van der Waals surface area contributed by atoms with E-state index in [-0.39, 0.29) is 6.04 Å². The molecule has 1 aromatic rings. The lowest BCUT2D eigenvalue weighted by molar-refractivity contribution is 0.0475. The molecule has 1 aromatic heterocycles. The Bertz CT molecular complexity index is 360. The van der Waals surface area contributed by atoms with Crippen molar-refractivity contribution in [3.8, 4) is 0 Å². The molecular formula is C13H24N2OS. The summed E-state index contributed by atoms with van der Waals surface area (Å²) < 4.78 is 0. The molecule has 2 atom stereocenters. The highest BCUT2D eigenvalue weighted by Crippen LogP contribution is 2.23. The number of hydrogen-bond acceptors (Lipinski definition) is 4. The summed E-state index contributed by atoms with van der Waals surface area (Å²) in [7, 11) is 0. The summed E-state index contributed by atoms with van der Waals surface area (Å²) in [5.74, 6) is 0. The highest BCUT2D eigenvalue weighted by molar-refractivity contribution is 7.11. The van der Waals surface area contributed by atoms with Crippen LogP contribution in [0, 0.1) is 13.8 Å². The Morgan fingerprint density at radius 1 is 1.47 bits per heavy atom. The van der Waals surface area contributed by atoms with Crippen LogP contribution >= 0.6 is 11.3 Å². The van der Waals surface area contributed by atoms with E-state index in [1.54, 1.807) is 11.3 Å². The van der Waals surface area contributed by atoms with Crippen LogP contribution in [0.15, 0.2) is 0 Å². The Balaban J connectivity index is 2.55. The second-order valence-electron chi connectivity index (χ2n) is 5.02. The predicted molar refractivity (Wildman–Crippen MR) is 73.5 cm³/mol. The third kappa shape index (κ3) is 4.37. The van der Waals surface area contributed by atoms with Gasteiger partial charge in [-0.25, -0.2) is 4.98 Å². The van der Waals surface area contributed by atoms with Crippen LogP contribution in [0.5, 0.6) is 0 Å². The number of rotatable bonds is 6. The van der Waals surface area contributed by atoms with Crippen LogP contribution in [0.25, 0.3) is 0 Å². The lowest BCUT2D eigenvalue weighted by atomic mass is 10.0. The lowest BCUT2D eigenvalue weighted by Gasteiger charge is -2.25. The average molecular weight is 256 g/mol. The van der Waals surface area contributed by atoms with Crippen molar-refractivity contribution in [1.29, 1.82) is 0 Å². The molecule has 1 heterocycles. The van der Waals surface area contributed by atoms with Gasteiger partial charge in [-0.3, -0.25) is 0 Å². The summed E-state index contributed by atoms with van der Waals surface area (Å²) in [4.78, 5) is 5.79. The van der Waals surface area contributed by atoms with Gasteiger partial charge in [-0.1, -0.05) is 13.3 Å². The molecule has 98 valence electrons. The number of aromatic nitrogens is 1. The molecule has 0 aliphatic carbocycles. The minimum absolute atomic E-state index is 0.197. The molecule has 0 saturated heterocycles. The van der Waals surface area contributed by atoms with Gasteiger partial charge in [0.05, 0.1) is 16.3 Å². The molecule has 0 aliphatic rings. The Morgan fingerprint density at radius 2 is 2.12 bits per heavy atom. The molecule has 0 bridgehead atoms. The Morgan fingerprint density at radius 3 is 2.59 bits per heavy atom. The van der Waals surface area contributed by atoms with E-state index in [2.05, 4.69) is 31.1 Å². The summed E-state index contributed by atoms with van der Waals surface area (Å²) in [6, 6.07) is 0.197. The van der Waals surface area contributed by atoms with Crippen molar-refractivity contribution in [2.24, 2.45) is 0 Å². The minimum atomic E-state index is -0.623. The molecule has 0 aromatic carbocycles. The maximum Gasteiger partial charge on any atom is 0.0900 e. The highest BCUT2D eigenvalue weighted by atomic mass is 32.1. The van der Waals surface area contributed by atoms with Crippen LogP contribution < -0.4 is 5.32 Å². The van der Waals surface area contributed by atoms with Crippen LogP contribution in [0.1, 0.15) is 55.2 Å². The fourth-order valence-corrected chi connectivity index (χ4v) is 2.96. The third-order valence-electron chi connectivity index (χ3n) is 2.93. The maximum atomic E-state index is 10.1. The van der Waals surface area contributed by atoms with E-state index in [0.717, 1.165) is 23.5 Å². The fraction of sp³-hybridized carbons (Fsp3) is 0.769. The van der Waals surface area contributed by atoms with Crippen LogP contribution in [-0.4, -0.2) is 22.2 Å². The Kier molecular flexibility index (Phi) is 5.10. The average Bonchev–Trinajstić information content (AvgIpc) is 2.54. The zero-order valence-corrected chi connectivity index (χ0v) is 12.3. The zero-order valence-electron chi connectivity index (χ0n) is 11.5. The van der Waals surface area contributed by atoms with E-state index >= 15 is 0 Å². The quantitative estimate of drug-likeness (QED) is 0.822. The van der Waals surface area contributed by atoms with Crippen molar-refractivity contribution in [2.75, 3.05) is 6.54 Å². The normalized spacial score (nSPS) is 16.8. The molecule has 0 amide bonds. The number of thiazole rings is 1. The van der Waals surface area contributed by atoms with Crippen molar-refractivity contribution in [2.45, 2.75) is 59.1 Å². The molecule has 4 heteroatoms. The molecule has 2 unspecified atom stereocenters. The first-order valence-corrected chi connectivity index (χ1v) is 7.07. The number of aryl methyl sites for hydroxylation is 2. The van der Waals surface area contributed by atoms with Gasteiger partial charge in [0, 0.05) is 17.5 Å². The molecule has 0 aliphatic heterocycles. The number of nitrogens with zero attached hydrogens (tertiary/aromatic N) is 1. The minimum Gasteiger partial charge on any atom is -0.389 e. The van der Waals surface area contributed by atoms with Crippen LogP contribution in [0.3, 0.4) is 0 Å². The number of nitrogens with one attached hydrogen (secondary N) is 1. The first-order chi connectivity index (χ1) is 7.85. The monoisotopic (exact) mass is 256 g/mol. The van der Waals surface area contributed by atoms with Crippen molar-refractivity contribution in [1.82, 2.24) is 10.3 Å². The zero-order chi connectivity index (χ0) is 13.1. The Labute approximate surface area is 108 Å². The highest BCUT2D eigenvalue weighted by Gasteiger charge is 2.21. The van der Waals surface area contributed by atoms with Crippen molar-refractivity contribution < 1.29 is 5.11 Å². The molecule has 1 rings (SSSR count). The van der Waals surface area contributed by atoms with Crippen LogP contribution in [-0.2, 0) is 0 Å². The molecular weight excluding hydrogens is 232 g/mol. The van der Waals surface area contributed by atoms with E-state index in [9.17, 15) is 5.11 Å². The van der Waals surface area contributed by atoms with Crippen molar-refractivity contribution in [3.63, 3.8) is 0 Å². The third-order valence-corrected chi connectivity index (χ3v) is 3.83. The van der Waals surface area contributed by atoms with Gasteiger partial charge >= 0.3 is 0 Å². The summed E-state index contributed by atoms with van der Waals surface area (Å²) >= 11 is 1.73. The molecule has 0 radical (unpaired) electrons. The number of aliphatic hydroxyl groups is 1. The van der Waals surface area contributed by atoms with Gasteiger partial charge in [0.2, 0.25) is 0 Å². The van der Waals surface area contributed by atoms with E-state index in [4.69, 9.17) is 0 Å². The topological polar surface area (TPSA) is 45.1 Å². The summed E-state index contributed by atoms with van der Waals surface area (Å²) in [6.45, 7) is 10.8. The summed E-state index contributed by atoms with van der Waals surface area (Å²) in [5.41, 5.74) is 0.488. The molecule has 2 N–H and O–H groups in total. The van der Waals surface area contributed by atoms with Crippen molar-refractivity contribution >= 4 is 11.3 Å². The van der Waals surface area contributed by atoms with Gasteiger partial charge in [-0.05, 0) is 34.1 Å².